The molecular weight excluding hydrogens is 340 g/mol. The van der Waals surface area contributed by atoms with Crippen LogP contribution in [0, 0.1) is 6.92 Å². The molecule has 0 atom stereocenters. The predicted molar refractivity (Wildman–Crippen MR) is 106 cm³/mol. The summed E-state index contributed by atoms with van der Waals surface area (Å²) < 4.78 is 5.60. The molecule has 0 bridgehead atoms. The Kier molecular flexibility index (Phi) is 5.22. The van der Waals surface area contributed by atoms with Crippen molar-refractivity contribution in [3.8, 4) is 5.75 Å². The molecule has 0 aliphatic carbocycles. The Balaban J connectivity index is 1.70. The van der Waals surface area contributed by atoms with E-state index in [1.807, 2.05) is 49.4 Å². The number of carbonyl (C=O) groups excluding carboxylic acids is 2. The third-order valence-electron chi connectivity index (χ3n) is 4.68. The lowest BCUT2D eigenvalue weighted by Gasteiger charge is -2.30. The van der Waals surface area contributed by atoms with Crippen LogP contribution < -0.4 is 15.0 Å². The van der Waals surface area contributed by atoms with E-state index in [0.29, 0.717) is 18.0 Å². The highest BCUT2D eigenvalue weighted by Crippen LogP contribution is 2.36. The summed E-state index contributed by atoms with van der Waals surface area (Å²) in [7, 11) is 0. The van der Waals surface area contributed by atoms with Crippen LogP contribution in [-0.4, -0.2) is 25.0 Å². The number of ether oxygens (including phenoxy) is 1. The van der Waals surface area contributed by atoms with E-state index in [-0.39, 0.29) is 30.4 Å². The fourth-order valence-corrected chi connectivity index (χ4v) is 2.95. The molecule has 0 spiro atoms. The van der Waals surface area contributed by atoms with Crippen molar-refractivity contribution in [3.63, 3.8) is 0 Å². The molecule has 1 aliphatic heterocycles. The highest BCUT2D eigenvalue weighted by Gasteiger charge is 2.28. The zero-order valence-electron chi connectivity index (χ0n) is 16.3. The van der Waals surface area contributed by atoms with E-state index in [4.69, 9.17) is 4.74 Å². The summed E-state index contributed by atoms with van der Waals surface area (Å²) >= 11 is 0. The van der Waals surface area contributed by atoms with Gasteiger partial charge in [-0.15, -0.1) is 0 Å². The first-order valence-corrected chi connectivity index (χ1v) is 9.14. The van der Waals surface area contributed by atoms with Gasteiger partial charge in [0.25, 0.3) is 5.91 Å². The van der Waals surface area contributed by atoms with Gasteiger partial charge < -0.3 is 10.1 Å². The zero-order valence-corrected chi connectivity index (χ0v) is 16.3. The monoisotopic (exact) mass is 366 g/mol. The number of hydrogen-bond donors (Lipinski definition) is 1. The number of anilines is 1. The number of carbonyl (C=O) groups is 2. The summed E-state index contributed by atoms with van der Waals surface area (Å²) in [4.78, 5) is 26.2. The van der Waals surface area contributed by atoms with Crippen molar-refractivity contribution in [3.05, 3.63) is 59.2 Å². The predicted octanol–water partition coefficient (Wildman–Crippen LogP) is 3.33. The highest BCUT2D eigenvalue weighted by atomic mass is 16.5. The highest BCUT2D eigenvalue weighted by molar-refractivity contribution is 6.02. The summed E-state index contributed by atoms with van der Waals surface area (Å²) in [6.07, 6.45) is 0. The number of nitrogens with one attached hydrogen (secondary N) is 1. The Morgan fingerprint density at radius 2 is 1.85 bits per heavy atom. The van der Waals surface area contributed by atoms with Crippen LogP contribution in [-0.2, 0) is 21.5 Å². The van der Waals surface area contributed by atoms with Gasteiger partial charge in [0.2, 0.25) is 5.91 Å². The van der Waals surface area contributed by atoms with Gasteiger partial charge in [-0.25, -0.2) is 0 Å². The summed E-state index contributed by atoms with van der Waals surface area (Å²) in [6, 6.07) is 13.8. The first-order valence-electron chi connectivity index (χ1n) is 9.14. The SMILES string of the molecule is Cc1ccc(CNC(=O)CN2C(=O)COc3cc(C(C)(C)C)ccc32)cc1. The van der Waals surface area contributed by atoms with Crippen LogP contribution in [0.5, 0.6) is 5.75 Å². The molecule has 0 aromatic heterocycles. The maximum Gasteiger partial charge on any atom is 0.265 e. The first kappa shape index (κ1) is 19.0. The first-order chi connectivity index (χ1) is 12.7. The lowest BCUT2D eigenvalue weighted by molar-refractivity contribution is -0.125. The molecule has 0 radical (unpaired) electrons. The van der Waals surface area contributed by atoms with Gasteiger partial charge in [-0.3, -0.25) is 14.5 Å². The Labute approximate surface area is 160 Å². The van der Waals surface area contributed by atoms with Crippen molar-refractivity contribution in [2.45, 2.75) is 39.7 Å². The molecule has 1 heterocycles. The average Bonchev–Trinajstić information content (AvgIpc) is 2.62. The third-order valence-corrected chi connectivity index (χ3v) is 4.68. The van der Waals surface area contributed by atoms with E-state index in [9.17, 15) is 9.59 Å². The third kappa shape index (κ3) is 4.48. The number of benzene rings is 2. The Hall–Kier alpha value is -2.82. The average molecular weight is 366 g/mol. The van der Waals surface area contributed by atoms with E-state index in [2.05, 4.69) is 26.1 Å². The quantitative estimate of drug-likeness (QED) is 0.903. The number of nitrogens with zero attached hydrogens (tertiary/aromatic N) is 1. The topological polar surface area (TPSA) is 58.6 Å². The molecular formula is C22H26N2O3. The van der Waals surface area contributed by atoms with Crippen LogP contribution in [0.4, 0.5) is 5.69 Å². The van der Waals surface area contributed by atoms with Crippen molar-refractivity contribution >= 4 is 17.5 Å². The van der Waals surface area contributed by atoms with Crippen LogP contribution in [0.2, 0.25) is 0 Å². The molecule has 1 N–H and O–H groups in total. The van der Waals surface area contributed by atoms with Gasteiger partial charge in [0.15, 0.2) is 6.61 Å². The Morgan fingerprint density at radius 1 is 1.15 bits per heavy atom. The van der Waals surface area contributed by atoms with E-state index in [0.717, 1.165) is 11.1 Å². The van der Waals surface area contributed by atoms with Crippen LogP contribution in [0.3, 0.4) is 0 Å². The minimum Gasteiger partial charge on any atom is -0.482 e. The normalized spacial score (nSPS) is 13.8. The van der Waals surface area contributed by atoms with Crippen LogP contribution >= 0.6 is 0 Å². The molecule has 142 valence electrons. The zero-order chi connectivity index (χ0) is 19.6. The van der Waals surface area contributed by atoms with Gasteiger partial charge in [0.1, 0.15) is 12.3 Å². The largest absolute Gasteiger partial charge is 0.482 e. The minimum atomic E-state index is -0.212. The van der Waals surface area contributed by atoms with Gasteiger partial charge in [-0.1, -0.05) is 56.7 Å². The number of amides is 2. The molecule has 1 aliphatic rings. The Bertz CT molecular complexity index is 851. The van der Waals surface area contributed by atoms with E-state index >= 15 is 0 Å². The fourth-order valence-electron chi connectivity index (χ4n) is 2.95. The van der Waals surface area contributed by atoms with Crippen molar-refractivity contribution < 1.29 is 14.3 Å². The van der Waals surface area contributed by atoms with Crippen molar-refractivity contribution in [2.24, 2.45) is 0 Å². The second-order valence-electron chi connectivity index (χ2n) is 7.96. The van der Waals surface area contributed by atoms with Crippen molar-refractivity contribution in [2.75, 3.05) is 18.1 Å². The lowest BCUT2D eigenvalue weighted by Crippen LogP contribution is -2.45. The molecule has 5 heteroatoms. The van der Waals surface area contributed by atoms with Gasteiger partial charge in [0.05, 0.1) is 5.69 Å². The lowest BCUT2D eigenvalue weighted by atomic mass is 9.86. The van der Waals surface area contributed by atoms with E-state index in [1.54, 1.807) is 0 Å². The molecule has 0 saturated heterocycles. The molecule has 0 saturated carbocycles. The molecule has 27 heavy (non-hydrogen) atoms. The minimum absolute atomic E-state index is 0.0178. The second-order valence-corrected chi connectivity index (χ2v) is 7.96. The summed E-state index contributed by atoms with van der Waals surface area (Å²) in [5.41, 5.74) is 3.95. The molecule has 2 aromatic carbocycles. The Morgan fingerprint density at radius 3 is 2.52 bits per heavy atom. The van der Waals surface area contributed by atoms with Crippen LogP contribution in [0.15, 0.2) is 42.5 Å². The molecule has 5 nitrogen and oxygen atoms in total. The number of aryl methyl sites for hydroxylation is 1. The smallest absolute Gasteiger partial charge is 0.265 e. The second kappa shape index (κ2) is 7.43. The van der Waals surface area contributed by atoms with E-state index < -0.39 is 0 Å². The maximum atomic E-state index is 12.4. The van der Waals surface area contributed by atoms with Gasteiger partial charge >= 0.3 is 0 Å². The number of hydrogen-bond acceptors (Lipinski definition) is 3. The molecule has 0 fully saturated rings. The van der Waals surface area contributed by atoms with Crippen molar-refractivity contribution in [1.29, 1.82) is 0 Å². The summed E-state index contributed by atoms with van der Waals surface area (Å²) in [5.74, 6) is 0.238. The summed E-state index contributed by atoms with van der Waals surface area (Å²) in [5, 5.41) is 2.88. The maximum absolute atomic E-state index is 12.4. The standard InChI is InChI=1S/C22H26N2O3/c1-15-5-7-16(8-6-15)12-23-20(25)13-24-18-10-9-17(22(2,3)4)11-19(18)27-14-21(24)26/h5-11H,12-14H2,1-4H3,(H,23,25). The molecule has 0 unspecified atom stereocenters. The van der Waals surface area contributed by atoms with Gasteiger partial charge in [-0.05, 0) is 35.6 Å². The molecule has 2 aromatic rings. The van der Waals surface area contributed by atoms with Crippen molar-refractivity contribution in [1.82, 2.24) is 5.32 Å². The molecule has 2 amide bonds. The number of rotatable bonds is 4. The van der Waals surface area contributed by atoms with E-state index in [1.165, 1.54) is 10.5 Å². The van der Waals surface area contributed by atoms with Gasteiger partial charge in [-0.2, -0.15) is 0 Å². The summed E-state index contributed by atoms with van der Waals surface area (Å²) in [6.45, 7) is 8.77. The molecule has 3 rings (SSSR count). The van der Waals surface area contributed by atoms with Crippen LogP contribution in [0.1, 0.15) is 37.5 Å². The fraction of sp³-hybridized carbons (Fsp3) is 0.364. The number of fused-ring (bicyclic) bond motifs is 1. The van der Waals surface area contributed by atoms with Crippen LogP contribution in [0.25, 0.3) is 0 Å². The van der Waals surface area contributed by atoms with Gasteiger partial charge in [0, 0.05) is 6.54 Å².